The third-order valence-electron chi connectivity index (χ3n) is 3.86. The van der Waals surface area contributed by atoms with Crippen molar-refractivity contribution in [1.29, 1.82) is 0 Å². The van der Waals surface area contributed by atoms with Crippen molar-refractivity contribution in [3.05, 3.63) is 52.0 Å². The van der Waals surface area contributed by atoms with Crippen LogP contribution in [0.2, 0.25) is 10.0 Å². The van der Waals surface area contributed by atoms with Gasteiger partial charge in [-0.05, 0) is 30.7 Å². The number of unbranched alkanes of at least 4 members (excludes halogenated alkanes) is 3. The zero-order valence-electron chi connectivity index (χ0n) is 15.3. The zero-order valence-corrected chi connectivity index (χ0v) is 16.8. The number of nitrogens with one attached hydrogen (secondary N) is 1. The lowest BCUT2D eigenvalue weighted by atomic mass is 10.2. The van der Waals surface area contributed by atoms with E-state index in [4.69, 9.17) is 27.9 Å². The van der Waals surface area contributed by atoms with Crippen LogP contribution in [0.3, 0.4) is 0 Å². The first-order valence-corrected chi connectivity index (χ1v) is 9.65. The molecule has 0 aliphatic heterocycles. The van der Waals surface area contributed by atoms with Crippen molar-refractivity contribution in [3.63, 3.8) is 0 Å². The van der Waals surface area contributed by atoms with Crippen LogP contribution in [-0.2, 0) is 0 Å². The monoisotopic (exact) mass is 431 g/mol. The summed E-state index contributed by atoms with van der Waals surface area (Å²) in [6, 6.07) is 8.72. The summed E-state index contributed by atoms with van der Waals surface area (Å²) < 4.78 is 35.0. The van der Waals surface area contributed by atoms with Gasteiger partial charge in [-0.15, -0.1) is 0 Å². The minimum atomic E-state index is -3.00. The standard InChI is InChI=1S/C20H21Cl2F2NO3/c1-2-3-4-7-10-27-18-14(21)11-13(12-15(18)22)19(26)25-16-8-5-6-9-17(16)28-20(23)24/h5-6,8-9,11-12,20H,2-4,7,10H2,1H3,(H,25,26). The molecule has 0 bridgehead atoms. The molecular formula is C20H21Cl2F2NO3. The third-order valence-corrected chi connectivity index (χ3v) is 4.42. The van der Waals surface area contributed by atoms with Crippen molar-refractivity contribution in [2.24, 2.45) is 0 Å². The van der Waals surface area contributed by atoms with Gasteiger partial charge >= 0.3 is 6.61 Å². The van der Waals surface area contributed by atoms with Gasteiger partial charge in [0.05, 0.1) is 22.3 Å². The predicted molar refractivity (Wildman–Crippen MR) is 107 cm³/mol. The Bertz CT molecular complexity index is 780. The third kappa shape index (κ3) is 6.53. The van der Waals surface area contributed by atoms with Crippen molar-refractivity contribution >= 4 is 34.8 Å². The van der Waals surface area contributed by atoms with Crippen molar-refractivity contribution in [3.8, 4) is 11.5 Å². The number of halogens is 4. The highest BCUT2D eigenvalue weighted by atomic mass is 35.5. The number of amides is 1. The van der Waals surface area contributed by atoms with E-state index in [1.807, 2.05) is 0 Å². The summed E-state index contributed by atoms with van der Waals surface area (Å²) in [5, 5.41) is 2.92. The van der Waals surface area contributed by atoms with Crippen LogP contribution in [0.1, 0.15) is 43.0 Å². The minimum Gasteiger partial charge on any atom is -0.490 e. The molecule has 0 aromatic heterocycles. The molecule has 2 aromatic carbocycles. The number of hydrogen-bond acceptors (Lipinski definition) is 3. The summed E-state index contributed by atoms with van der Waals surface area (Å²) in [4.78, 5) is 12.5. The van der Waals surface area contributed by atoms with Gasteiger partial charge in [0.15, 0.2) is 5.75 Å². The topological polar surface area (TPSA) is 47.6 Å². The minimum absolute atomic E-state index is 0.108. The van der Waals surface area contributed by atoms with Gasteiger partial charge in [-0.2, -0.15) is 8.78 Å². The molecule has 1 amide bonds. The number of rotatable bonds is 10. The lowest BCUT2D eigenvalue weighted by molar-refractivity contribution is -0.0493. The first kappa shape index (κ1) is 22.2. The molecule has 4 nitrogen and oxygen atoms in total. The molecule has 28 heavy (non-hydrogen) atoms. The van der Waals surface area contributed by atoms with E-state index < -0.39 is 12.5 Å². The van der Waals surface area contributed by atoms with Gasteiger partial charge in [0.1, 0.15) is 5.75 Å². The number of hydrogen-bond donors (Lipinski definition) is 1. The molecule has 0 radical (unpaired) electrons. The lowest BCUT2D eigenvalue weighted by Gasteiger charge is -2.14. The second-order valence-corrected chi connectivity index (χ2v) is 6.82. The smallest absolute Gasteiger partial charge is 0.387 e. The molecule has 0 aliphatic rings. The van der Waals surface area contributed by atoms with Crippen LogP contribution in [0.15, 0.2) is 36.4 Å². The Kier molecular flexibility index (Phi) is 8.80. The zero-order chi connectivity index (χ0) is 20.5. The lowest BCUT2D eigenvalue weighted by Crippen LogP contribution is -2.14. The molecule has 0 heterocycles. The molecule has 1 N–H and O–H groups in total. The fourth-order valence-electron chi connectivity index (χ4n) is 2.50. The number of alkyl halides is 2. The average molecular weight is 432 g/mol. The maximum atomic E-state index is 12.5. The molecule has 0 unspecified atom stereocenters. The summed E-state index contributed by atoms with van der Waals surface area (Å²) in [5.41, 5.74) is 0.275. The molecule has 2 aromatic rings. The van der Waals surface area contributed by atoms with Crippen LogP contribution >= 0.6 is 23.2 Å². The van der Waals surface area contributed by atoms with Crippen LogP contribution in [0.4, 0.5) is 14.5 Å². The van der Waals surface area contributed by atoms with E-state index in [2.05, 4.69) is 17.0 Å². The van der Waals surface area contributed by atoms with Gasteiger partial charge in [-0.25, -0.2) is 0 Å². The second kappa shape index (κ2) is 11.1. The van der Waals surface area contributed by atoms with Crippen LogP contribution in [0, 0.1) is 0 Å². The number of ether oxygens (including phenoxy) is 2. The van der Waals surface area contributed by atoms with Crippen LogP contribution in [0.25, 0.3) is 0 Å². The number of anilines is 1. The van der Waals surface area contributed by atoms with Gasteiger partial charge in [-0.1, -0.05) is 61.5 Å². The van der Waals surface area contributed by atoms with Crippen molar-refractivity contribution in [2.75, 3.05) is 11.9 Å². The fraction of sp³-hybridized carbons (Fsp3) is 0.350. The van der Waals surface area contributed by atoms with E-state index in [-0.39, 0.29) is 27.0 Å². The van der Waals surface area contributed by atoms with Crippen LogP contribution in [-0.4, -0.2) is 19.1 Å². The molecule has 152 valence electrons. The number of carbonyl (C=O) groups excluding carboxylic acids is 1. The van der Waals surface area contributed by atoms with Crippen LogP contribution < -0.4 is 14.8 Å². The quantitative estimate of drug-likeness (QED) is 0.420. The summed E-state index contributed by atoms with van der Waals surface area (Å²) in [7, 11) is 0. The summed E-state index contributed by atoms with van der Waals surface area (Å²) in [6.07, 6.45) is 4.17. The van der Waals surface area contributed by atoms with Crippen molar-refractivity contribution in [2.45, 2.75) is 39.2 Å². The fourth-order valence-corrected chi connectivity index (χ4v) is 3.09. The maximum absolute atomic E-state index is 12.5. The second-order valence-electron chi connectivity index (χ2n) is 6.01. The average Bonchev–Trinajstić information content (AvgIpc) is 2.64. The van der Waals surface area contributed by atoms with Crippen molar-refractivity contribution in [1.82, 2.24) is 0 Å². The molecule has 8 heteroatoms. The Labute approximate surface area is 172 Å². The molecular weight excluding hydrogens is 411 g/mol. The van der Waals surface area contributed by atoms with Crippen molar-refractivity contribution < 1.29 is 23.0 Å². The molecule has 0 spiro atoms. The Morgan fingerprint density at radius 2 is 1.79 bits per heavy atom. The Morgan fingerprint density at radius 3 is 2.43 bits per heavy atom. The number of carbonyl (C=O) groups is 1. The van der Waals surface area contributed by atoms with E-state index in [9.17, 15) is 13.6 Å². The maximum Gasteiger partial charge on any atom is 0.387 e. The van der Waals surface area contributed by atoms with Crippen LogP contribution in [0.5, 0.6) is 11.5 Å². The van der Waals surface area contributed by atoms with E-state index in [1.165, 1.54) is 30.3 Å². The molecule has 2 rings (SSSR count). The van der Waals surface area contributed by atoms with Gasteiger partial charge in [-0.3, -0.25) is 4.79 Å². The first-order valence-electron chi connectivity index (χ1n) is 8.89. The molecule has 0 atom stereocenters. The van der Waals surface area contributed by atoms with Gasteiger partial charge < -0.3 is 14.8 Å². The largest absolute Gasteiger partial charge is 0.490 e. The van der Waals surface area contributed by atoms with E-state index >= 15 is 0 Å². The van der Waals surface area contributed by atoms with E-state index in [0.29, 0.717) is 12.4 Å². The Hall–Kier alpha value is -2.05. The SMILES string of the molecule is CCCCCCOc1c(Cl)cc(C(=O)Nc2ccccc2OC(F)F)cc1Cl. The highest BCUT2D eigenvalue weighted by Gasteiger charge is 2.16. The normalized spacial score (nSPS) is 10.8. The predicted octanol–water partition coefficient (Wildman–Crippen LogP) is 6.81. The Balaban J connectivity index is 2.08. The summed E-state index contributed by atoms with van der Waals surface area (Å²) in [6.45, 7) is -0.407. The number of para-hydroxylation sites is 2. The Morgan fingerprint density at radius 1 is 1.11 bits per heavy atom. The molecule has 0 saturated carbocycles. The van der Waals surface area contributed by atoms with E-state index in [1.54, 1.807) is 6.07 Å². The van der Waals surface area contributed by atoms with Gasteiger partial charge in [0.2, 0.25) is 0 Å². The highest BCUT2D eigenvalue weighted by molar-refractivity contribution is 6.37. The van der Waals surface area contributed by atoms with Gasteiger partial charge in [0, 0.05) is 5.56 Å². The molecule has 0 aliphatic carbocycles. The first-order chi connectivity index (χ1) is 13.4. The van der Waals surface area contributed by atoms with Gasteiger partial charge in [0.25, 0.3) is 5.91 Å². The van der Waals surface area contributed by atoms with E-state index in [0.717, 1.165) is 25.7 Å². The highest BCUT2D eigenvalue weighted by Crippen LogP contribution is 2.35. The molecule has 0 saturated heterocycles. The number of benzene rings is 2. The molecule has 0 fully saturated rings. The summed E-state index contributed by atoms with van der Waals surface area (Å²) >= 11 is 12.4. The summed E-state index contributed by atoms with van der Waals surface area (Å²) in [5.74, 6) is -0.392.